The van der Waals surface area contributed by atoms with Crippen LogP contribution in [0.1, 0.15) is 50.2 Å². The van der Waals surface area contributed by atoms with Crippen molar-refractivity contribution >= 4 is 39.4 Å². The topological polar surface area (TPSA) is 147 Å². The van der Waals surface area contributed by atoms with Crippen LogP contribution in [0.3, 0.4) is 0 Å². The van der Waals surface area contributed by atoms with Gasteiger partial charge in [0.2, 0.25) is 11.8 Å². The number of nitrogens with two attached hydrogens (primary N) is 3. The minimum absolute atomic E-state index is 0.0453. The first-order valence-electron chi connectivity index (χ1n) is 15.2. The highest BCUT2D eigenvalue weighted by atomic mass is 16.2. The van der Waals surface area contributed by atoms with Gasteiger partial charge in [-0.1, -0.05) is 67.6 Å². The summed E-state index contributed by atoms with van der Waals surface area (Å²) in [6.45, 7) is 5.39. The summed E-state index contributed by atoms with van der Waals surface area (Å²) in [6.07, 6.45) is 4.42. The maximum atomic E-state index is 14.1. The molecule has 1 aliphatic heterocycles. The van der Waals surface area contributed by atoms with E-state index in [0.29, 0.717) is 45.3 Å². The summed E-state index contributed by atoms with van der Waals surface area (Å²) >= 11 is 0. The van der Waals surface area contributed by atoms with Gasteiger partial charge in [-0.25, -0.2) is 0 Å². The number of nitrogens with one attached hydrogen (secondary N) is 1. The van der Waals surface area contributed by atoms with Crippen LogP contribution in [0.2, 0.25) is 0 Å². The van der Waals surface area contributed by atoms with Crippen LogP contribution in [0, 0.1) is 0 Å². The van der Waals surface area contributed by atoms with Crippen molar-refractivity contribution in [3.05, 3.63) is 84.1 Å². The zero-order chi connectivity index (χ0) is 30.5. The van der Waals surface area contributed by atoms with Crippen molar-refractivity contribution in [2.24, 2.45) is 22.2 Å². The minimum Gasteiger partial charge on any atom is -0.370 e. The van der Waals surface area contributed by atoms with Crippen molar-refractivity contribution < 1.29 is 9.59 Å². The lowest BCUT2D eigenvalue weighted by molar-refractivity contribution is -0.148. The molecule has 5 rings (SSSR count). The second kappa shape index (κ2) is 13.3. The second-order valence-electron chi connectivity index (χ2n) is 11.7. The highest BCUT2D eigenvalue weighted by Crippen LogP contribution is 2.32. The number of aromatic nitrogens is 1. The van der Waals surface area contributed by atoms with E-state index in [1.165, 1.54) is 0 Å². The molecule has 9 nitrogen and oxygen atoms in total. The molecule has 4 aromatic rings. The van der Waals surface area contributed by atoms with Crippen LogP contribution in [0.4, 0.5) is 0 Å². The van der Waals surface area contributed by atoms with Gasteiger partial charge in [0.05, 0.1) is 12.0 Å². The molecule has 7 N–H and O–H groups in total. The lowest BCUT2D eigenvalue weighted by Crippen LogP contribution is -2.63. The molecule has 226 valence electrons. The van der Waals surface area contributed by atoms with E-state index in [2.05, 4.69) is 40.3 Å². The summed E-state index contributed by atoms with van der Waals surface area (Å²) < 4.78 is 0. The minimum atomic E-state index is -0.689. The van der Waals surface area contributed by atoms with Crippen molar-refractivity contribution in [2.45, 2.75) is 63.6 Å². The third-order valence-electron chi connectivity index (χ3n) is 8.69. The number of fused-ring (bicyclic) bond motifs is 2. The van der Waals surface area contributed by atoms with E-state index in [9.17, 15) is 9.59 Å². The molecule has 3 aromatic carbocycles. The van der Waals surface area contributed by atoms with Gasteiger partial charge >= 0.3 is 0 Å². The Morgan fingerprint density at radius 1 is 0.977 bits per heavy atom. The van der Waals surface area contributed by atoms with Gasteiger partial charge in [-0.2, -0.15) is 0 Å². The van der Waals surface area contributed by atoms with Crippen molar-refractivity contribution in [1.82, 2.24) is 14.8 Å². The van der Waals surface area contributed by atoms with E-state index >= 15 is 0 Å². The van der Waals surface area contributed by atoms with E-state index in [1.54, 1.807) is 0 Å². The maximum absolute atomic E-state index is 14.1. The molecular weight excluding hydrogens is 538 g/mol. The Morgan fingerprint density at radius 3 is 2.49 bits per heavy atom. The molecule has 0 spiro atoms. The number of amides is 2. The number of carbonyl (C=O) groups is 2. The molecule has 1 unspecified atom stereocenters. The number of guanidine groups is 1. The number of benzene rings is 3. The van der Waals surface area contributed by atoms with E-state index in [1.807, 2.05) is 66.2 Å². The van der Waals surface area contributed by atoms with Crippen molar-refractivity contribution in [1.29, 1.82) is 0 Å². The van der Waals surface area contributed by atoms with Crippen LogP contribution >= 0.6 is 0 Å². The molecule has 4 atom stereocenters. The van der Waals surface area contributed by atoms with Crippen LogP contribution in [-0.4, -0.2) is 70.3 Å². The fourth-order valence-corrected chi connectivity index (χ4v) is 6.43. The SMILES string of the molecule is CC[C@H](C(=O)N1CC(CCCN=C(N)N)N(C(=O)[C@H](N)Cc2ccc3ccccc3c2)C[C@H]1C)c1c[nH]c2ccccc12. The number of hydrogen-bond donors (Lipinski definition) is 4. The molecule has 1 saturated heterocycles. The van der Waals surface area contributed by atoms with Crippen molar-refractivity contribution in [3.8, 4) is 0 Å². The largest absolute Gasteiger partial charge is 0.370 e. The summed E-state index contributed by atoms with van der Waals surface area (Å²) in [5.74, 6) is -0.244. The quantitative estimate of drug-likeness (QED) is 0.128. The monoisotopic (exact) mass is 581 g/mol. The fourth-order valence-electron chi connectivity index (χ4n) is 6.43. The van der Waals surface area contributed by atoms with E-state index in [4.69, 9.17) is 17.2 Å². The number of H-pyrrole nitrogens is 1. The third kappa shape index (κ3) is 6.67. The molecular formula is C34H43N7O2. The van der Waals surface area contributed by atoms with Crippen LogP contribution in [0.15, 0.2) is 77.9 Å². The average Bonchev–Trinajstić information content (AvgIpc) is 3.43. The number of aliphatic imine (C=N–C) groups is 1. The van der Waals surface area contributed by atoms with Gasteiger partial charge in [0.1, 0.15) is 0 Å². The van der Waals surface area contributed by atoms with Gasteiger partial charge in [0.15, 0.2) is 5.96 Å². The molecule has 0 bridgehead atoms. The second-order valence-corrected chi connectivity index (χ2v) is 11.7. The molecule has 0 saturated carbocycles. The number of piperazine rings is 1. The summed E-state index contributed by atoms with van der Waals surface area (Å²) in [7, 11) is 0. The van der Waals surface area contributed by atoms with Crippen LogP contribution in [0.25, 0.3) is 21.7 Å². The predicted octanol–water partition coefficient (Wildman–Crippen LogP) is 3.87. The Balaban J connectivity index is 1.34. The van der Waals surface area contributed by atoms with Crippen LogP contribution < -0.4 is 17.2 Å². The van der Waals surface area contributed by atoms with Gasteiger partial charge in [-0.3, -0.25) is 14.6 Å². The Labute approximate surface area is 253 Å². The molecule has 1 fully saturated rings. The Morgan fingerprint density at radius 2 is 1.72 bits per heavy atom. The first-order valence-corrected chi connectivity index (χ1v) is 15.2. The van der Waals surface area contributed by atoms with E-state index in [-0.39, 0.29) is 35.8 Å². The van der Waals surface area contributed by atoms with E-state index in [0.717, 1.165) is 32.8 Å². The molecule has 2 amide bonds. The highest BCUT2D eigenvalue weighted by Gasteiger charge is 2.40. The predicted molar refractivity (Wildman–Crippen MR) is 174 cm³/mol. The molecule has 43 heavy (non-hydrogen) atoms. The number of para-hydroxylation sites is 1. The van der Waals surface area contributed by atoms with Gasteiger partial charge in [0.25, 0.3) is 0 Å². The number of carbonyl (C=O) groups excluding carboxylic acids is 2. The molecule has 1 aromatic heterocycles. The van der Waals surface area contributed by atoms with E-state index < -0.39 is 6.04 Å². The zero-order valence-electron chi connectivity index (χ0n) is 25.1. The summed E-state index contributed by atoms with van der Waals surface area (Å²) in [6, 6.07) is 21.4. The van der Waals surface area contributed by atoms with Crippen molar-refractivity contribution in [3.63, 3.8) is 0 Å². The summed E-state index contributed by atoms with van der Waals surface area (Å²) in [5.41, 5.74) is 20.7. The van der Waals surface area contributed by atoms with Crippen LogP contribution in [-0.2, 0) is 16.0 Å². The van der Waals surface area contributed by atoms with Gasteiger partial charge in [-0.05, 0) is 60.6 Å². The number of aromatic amines is 1. The molecule has 2 heterocycles. The van der Waals surface area contributed by atoms with Gasteiger partial charge in [-0.15, -0.1) is 0 Å². The Hall–Kier alpha value is -4.37. The zero-order valence-corrected chi connectivity index (χ0v) is 25.1. The highest BCUT2D eigenvalue weighted by molar-refractivity contribution is 5.92. The molecule has 0 aliphatic carbocycles. The normalized spacial score (nSPS) is 18.5. The smallest absolute Gasteiger partial charge is 0.240 e. The van der Waals surface area contributed by atoms with Crippen LogP contribution in [0.5, 0.6) is 0 Å². The lowest BCUT2D eigenvalue weighted by Gasteiger charge is -2.47. The average molecular weight is 582 g/mol. The molecule has 9 heteroatoms. The maximum Gasteiger partial charge on any atom is 0.240 e. The molecule has 0 radical (unpaired) electrons. The third-order valence-corrected chi connectivity index (χ3v) is 8.69. The number of nitrogens with zero attached hydrogens (tertiary/aromatic N) is 3. The molecule has 1 aliphatic rings. The fraction of sp³-hybridized carbons (Fsp3) is 0.382. The van der Waals surface area contributed by atoms with Gasteiger partial charge in [0, 0.05) is 48.8 Å². The summed E-state index contributed by atoms with van der Waals surface area (Å²) in [4.78, 5) is 39.3. The number of rotatable bonds is 10. The number of hydrogen-bond acceptors (Lipinski definition) is 4. The Kier molecular flexibility index (Phi) is 9.31. The van der Waals surface area contributed by atoms with Crippen molar-refractivity contribution in [2.75, 3.05) is 19.6 Å². The first kappa shape index (κ1) is 30.1. The first-order chi connectivity index (χ1) is 20.8. The Bertz CT molecular complexity index is 1610. The van der Waals surface area contributed by atoms with Gasteiger partial charge < -0.3 is 32.0 Å². The lowest BCUT2D eigenvalue weighted by atomic mass is 9.92. The standard InChI is InChI=1S/C34H43N7O2/c1-3-27(29-19-39-31-13-7-6-12-28(29)31)32(42)40-21-26(11-8-16-38-34(36)37)41(20-22(40)2)33(43)30(35)18-23-14-15-24-9-4-5-10-25(24)17-23/h4-7,9-10,12-15,17,19,22,26-27,30,39H,3,8,11,16,18,20-21,35H2,1-2H3,(H4,36,37,38)/t22-,26?,27+,30-/m1/s1. The summed E-state index contributed by atoms with van der Waals surface area (Å²) in [5, 5.41) is 3.34.